The number of aryl methyl sites for hydroxylation is 2. The lowest BCUT2D eigenvalue weighted by molar-refractivity contribution is 0.601. The smallest absolute Gasteiger partial charge is 0.255 e. The van der Waals surface area contributed by atoms with E-state index < -0.39 is 10.0 Å². The van der Waals surface area contributed by atoms with E-state index in [0.29, 0.717) is 10.2 Å². The number of sulfonamides is 1. The van der Waals surface area contributed by atoms with Crippen molar-refractivity contribution in [3.05, 3.63) is 39.9 Å². The highest BCUT2D eigenvalue weighted by atomic mass is 35.5. The number of hydrogen-bond donors (Lipinski definition) is 1. The van der Waals surface area contributed by atoms with E-state index in [4.69, 9.17) is 11.6 Å². The van der Waals surface area contributed by atoms with Crippen LogP contribution in [0.3, 0.4) is 0 Å². The fraction of sp³-hybridized carbons (Fsp3) is 0.182. The van der Waals surface area contributed by atoms with Crippen LogP contribution in [0.25, 0.3) is 0 Å². The molecule has 0 saturated carbocycles. The average molecular weight is 303 g/mol. The van der Waals surface area contributed by atoms with Crippen LogP contribution in [0.2, 0.25) is 5.02 Å². The molecule has 2 rings (SSSR count). The first-order valence-corrected chi connectivity index (χ1v) is 7.79. The molecule has 0 fully saturated rings. The molecule has 0 radical (unpaired) electrons. The summed E-state index contributed by atoms with van der Waals surface area (Å²) in [6.45, 7) is 3.74. The van der Waals surface area contributed by atoms with Crippen LogP contribution in [-0.2, 0) is 10.0 Å². The molecule has 1 heterocycles. The Bertz CT molecular complexity index is 643. The standard InChI is InChI=1S/C11H11ClN2O2S2/c1-7-8(2)17-11(13-7)14-18(15,16)10-5-3-9(12)4-6-10/h3-6H,1-2H3,(H,13,14). The van der Waals surface area contributed by atoms with Gasteiger partial charge in [0.1, 0.15) is 0 Å². The molecule has 1 aromatic heterocycles. The number of aromatic nitrogens is 1. The van der Waals surface area contributed by atoms with Gasteiger partial charge in [0, 0.05) is 9.90 Å². The molecule has 0 aliphatic rings. The van der Waals surface area contributed by atoms with Crippen molar-refractivity contribution in [1.29, 1.82) is 0 Å². The molecule has 0 atom stereocenters. The molecule has 18 heavy (non-hydrogen) atoms. The lowest BCUT2D eigenvalue weighted by atomic mass is 10.4. The zero-order valence-corrected chi connectivity index (χ0v) is 12.2. The quantitative estimate of drug-likeness (QED) is 0.947. The van der Waals surface area contributed by atoms with Crippen molar-refractivity contribution in [2.75, 3.05) is 4.72 Å². The first-order chi connectivity index (χ1) is 8.38. The molecule has 1 N–H and O–H groups in total. The van der Waals surface area contributed by atoms with Gasteiger partial charge in [0.05, 0.1) is 10.6 Å². The molecule has 7 heteroatoms. The molecule has 0 saturated heterocycles. The van der Waals surface area contributed by atoms with Crippen LogP contribution in [0.1, 0.15) is 10.6 Å². The largest absolute Gasteiger partial charge is 0.263 e. The molecule has 4 nitrogen and oxygen atoms in total. The second kappa shape index (κ2) is 4.87. The predicted molar refractivity (Wildman–Crippen MR) is 73.8 cm³/mol. The minimum atomic E-state index is -3.59. The molecule has 1 aromatic carbocycles. The van der Waals surface area contributed by atoms with E-state index in [0.717, 1.165) is 10.6 Å². The minimum Gasteiger partial charge on any atom is -0.255 e. The molecule has 2 aromatic rings. The second-order valence-corrected chi connectivity index (χ2v) is 7.04. The summed E-state index contributed by atoms with van der Waals surface area (Å²) in [5.74, 6) is 0. The Morgan fingerprint density at radius 1 is 1.22 bits per heavy atom. The number of halogens is 1. The normalized spacial score (nSPS) is 11.5. The molecule has 0 amide bonds. The van der Waals surface area contributed by atoms with Crippen LogP contribution >= 0.6 is 22.9 Å². The number of rotatable bonds is 3. The third-order valence-electron chi connectivity index (χ3n) is 2.37. The minimum absolute atomic E-state index is 0.164. The Hall–Kier alpha value is -1.11. The molecule has 0 unspecified atom stereocenters. The van der Waals surface area contributed by atoms with Gasteiger partial charge in [-0.2, -0.15) is 0 Å². The zero-order valence-electron chi connectivity index (χ0n) is 9.77. The average Bonchev–Trinajstić information content (AvgIpc) is 2.57. The van der Waals surface area contributed by atoms with Crippen molar-refractivity contribution < 1.29 is 8.42 Å². The third-order valence-corrected chi connectivity index (χ3v) is 5.10. The van der Waals surface area contributed by atoms with Gasteiger partial charge >= 0.3 is 0 Å². The van der Waals surface area contributed by atoms with Crippen LogP contribution in [0.4, 0.5) is 5.13 Å². The van der Waals surface area contributed by atoms with Crippen LogP contribution in [0, 0.1) is 13.8 Å². The maximum absolute atomic E-state index is 12.0. The highest BCUT2D eigenvalue weighted by Crippen LogP contribution is 2.24. The number of nitrogens with zero attached hydrogens (tertiary/aromatic N) is 1. The van der Waals surface area contributed by atoms with Gasteiger partial charge in [-0.25, -0.2) is 13.4 Å². The summed E-state index contributed by atoms with van der Waals surface area (Å²) in [4.78, 5) is 5.29. The number of anilines is 1. The van der Waals surface area contributed by atoms with E-state index in [1.807, 2.05) is 13.8 Å². The van der Waals surface area contributed by atoms with E-state index in [1.165, 1.54) is 35.6 Å². The molecule has 96 valence electrons. The van der Waals surface area contributed by atoms with Gasteiger partial charge in [0.25, 0.3) is 10.0 Å². The number of hydrogen-bond acceptors (Lipinski definition) is 4. The van der Waals surface area contributed by atoms with Crippen molar-refractivity contribution >= 4 is 38.1 Å². The first-order valence-electron chi connectivity index (χ1n) is 5.11. The fourth-order valence-corrected chi connectivity index (χ4v) is 3.48. The van der Waals surface area contributed by atoms with Crippen LogP contribution in [0.5, 0.6) is 0 Å². The Labute approximate surface area is 115 Å². The van der Waals surface area contributed by atoms with Gasteiger partial charge in [-0.15, -0.1) is 11.3 Å². The van der Waals surface area contributed by atoms with Gasteiger partial charge in [-0.05, 0) is 38.1 Å². The number of benzene rings is 1. The third kappa shape index (κ3) is 2.82. The Balaban J connectivity index is 2.29. The van der Waals surface area contributed by atoms with Crippen molar-refractivity contribution in [3.63, 3.8) is 0 Å². The lowest BCUT2D eigenvalue weighted by Gasteiger charge is -2.04. The van der Waals surface area contributed by atoms with Crippen LogP contribution < -0.4 is 4.72 Å². The fourth-order valence-electron chi connectivity index (χ4n) is 1.30. The molecular formula is C11H11ClN2O2S2. The van der Waals surface area contributed by atoms with E-state index in [1.54, 1.807) is 0 Å². The van der Waals surface area contributed by atoms with Gasteiger partial charge in [0.15, 0.2) is 5.13 Å². The lowest BCUT2D eigenvalue weighted by Crippen LogP contribution is -2.12. The van der Waals surface area contributed by atoms with Crippen molar-refractivity contribution in [1.82, 2.24) is 4.98 Å². The summed E-state index contributed by atoms with van der Waals surface area (Å²) in [6, 6.07) is 5.99. The van der Waals surface area contributed by atoms with Crippen molar-refractivity contribution in [2.45, 2.75) is 18.7 Å². The van der Waals surface area contributed by atoms with Gasteiger partial charge in [-0.1, -0.05) is 11.6 Å². The number of nitrogens with one attached hydrogen (secondary N) is 1. The zero-order chi connectivity index (χ0) is 13.3. The second-order valence-electron chi connectivity index (χ2n) is 3.72. The molecule has 0 aliphatic carbocycles. The summed E-state index contributed by atoms with van der Waals surface area (Å²) in [5, 5.41) is 0.870. The van der Waals surface area contributed by atoms with E-state index in [9.17, 15) is 8.42 Å². The van der Waals surface area contributed by atoms with Crippen LogP contribution in [0.15, 0.2) is 29.2 Å². The van der Waals surface area contributed by atoms with Gasteiger partial charge in [0.2, 0.25) is 0 Å². The maximum Gasteiger partial charge on any atom is 0.263 e. The monoisotopic (exact) mass is 302 g/mol. The summed E-state index contributed by atoms with van der Waals surface area (Å²) >= 11 is 7.03. The molecule has 0 spiro atoms. The van der Waals surface area contributed by atoms with Gasteiger partial charge < -0.3 is 0 Å². The maximum atomic E-state index is 12.0. The van der Waals surface area contributed by atoms with Crippen molar-refractivity contribution in [2.24, 2.45) is 0 Å². The summed E-state index contributed by atoms with van der Waals surface area (Å²) in [6.07, 6.45) is 0. The van der Waals surface area contributed by atoms with E-state index >= 15 is 0 Å². The molecule has 0 bridgehead atoms. The SMILES string of the molecule is Cc1nc(NS(=O)(=O)c2ccc(Cl)cc2)sc1C. The summed E-state index contributed by atoms with van der Waals surface area (Å²) in [7, 11) is -3.59. The Morgan fingerprint density at radius 3 is 2.33 bits per heavy atom. The first kappa shape index (κ1) is 13.3. The van der Waals surface area contributed by atoms with Gasteiger partial charge in [-0.3, -0.25) is 4.72 Å². The topological polar surface area (TPSA) is 59.1 Å². The Morgan fingerprint density at radius 2 is 1.83 bits per heavy atom. The van der Waals surface area contributed by atoms with Crippen molar-refractivity contribution in [3.8, 4) is 0 Å². The summed E-state index contributed by atoms with van der Waals surface area (Å²) < 4.78 is 26.5. The molecular weight excluding hydrogens is 292 g/mol. The highest BCUT2D eigenvalue weighted by molar-refractivity contribution is 7.93. The van der Waals surface area contributed by atoms with Crippen LogP contribution in [-0.4, -0.2) is 13.4 Å². The summed E-state index contributed by atoms with van der Waals surface area (Å²) in [5.41, 5.74) is 0.828. The van der Waals surface area contributed by atoms with E-state index in [2.05, 4.69) is 9.71 Å². The Kier molecular flexibility index (Phi) is 3.61. The predicted octanol–water partition coefficient (Wildman–Crippen LogP) is 3.21. The highest BCUT2D eigenvalue weighted by Gasteiger charge is 2.16. The van der Waals surface area contributed by atoms with E-state index in [-0.39, 0.29) is 4.90 Å². The number of thiazole rings is 1. The molecule has 0 aliphatic heterocycles.